The summed E-state index contributed by atoms with van der Waals surface area (Å²) in [5.41, 5.74) is 2.26. The maximum atomic E-state index is 13.0. The molecule has 0 N–H and O–H groups in total. The number of rotatable bonds is 4. The SMILES string of the molecule is Cn1nc(C2CCN(C(=O)Cc3cn(C)c4ccccc34)CC2)n(C2CCCC2)c1=O. The fourth-order valence-corrected chi connectivity index (χ4v) is 5.51. The Morgan fingerprint density at radius 1 is 1.06 bits per heavy atom. The van der Waals surface area contributed by atoms with Gasteiger partial charge < -0.3 is 9.47 Å². The van der Waals surface area contributed by atoms with E-state index in [0.29, 0.717) is 12.5 Å². The van der Waals surface area contributed by atoms with Crippen LogP contribution < -0.4 is 5.69 Å². The van der Waals surface area contributed by atoms with Gasteiger partial charge in [-0.15, -0.1) is 0 Å². The maximum absolute atomic E-state index is 13.0. The van der Waals surface area contributed by atoms with Crippen LogP contribution in [-0.4, -0.2) is 42.8 Å². The molecule has 2 aliphatic rings. The summed E-state index contributed by atoms with van der Waals surface area (Å²) in [4.78, 5) is 27.7. The van der Waals surface area contributed by atoms with Crippen molar-refractivity contribution >= 4 is 16.8 Å². The van der Waals surface area contributed by atoms with E-state index in [4.69, 9.17) is 0 Å². The Bertz CT molecular complexity index is 1160. The maximum Gasteiger partial charge on any atom is 0.345 e. The van der Waals surface area contributed by atoms with E-state index >= 15 is 0 Å². The molecular weight excluding hydrogens is 390 g/mol. The molecule has 1 aliphatic carbocycles. The molecule has 0 atom stereocenters. The van der Waals surface area contributed by atoms with Crippen molar-refractivity contribution in [1.82, 2.24) is 23.8 Å². The van der Waals surface area contributed by atoms with E-state index in [9.17, 15) is 9.59 Å². The van der Waals surface area contributed by atoms with Crippen LogP contribution in [0.15, 0.2) is 35.3 Å². The average molecular weight is 422 g/mol. The largest absolute Gasteiger partial charge is 0.350 e. The number of carbonyl (C=O) groups excluding carboxylic acids is 1. The molecule has 7 nitrogen and oxygen atoms in total. The molecule has 31 heavy (non-hydrogen) atoms. The Kier molecular flexibility index (Phi) is 5.20. The summed E-state index contributed by atoms with van der Waals surface area (Å²) in [6.45, 7) is 1.45. The smallest absolute Gasteiger partial charge is 0.345 e. The molecule has 0 unspecified atom stereocenters. The molecule has 3 aromatic rings. The Labute approximate surface area is 182 Å². The Balaban J connectivity index is 1.28. The first kappa shape index (κ1) is 20.1. The predicted molar refractivity (Wildman–Crippen MR) is 120 cm³/mol. The summed E-state index contributed by atoms with van der Waals surface area (Å²) in [7, 11) is 3.78. The van der Waals surface area contributed by atoms with Gasteiger partial charge in [-0.3, -0.25) is 9.36 Å². The Hall–Kier alpha value is -2.83. The molecular formula is C24H31N5O2. The summed E-state index contributed by atoms with van der Waals surface area (Å²) in [6, 6.07) is 8.53. The molecule has 164 valence electrons. The van der Waals surface area contributed by atoms with Crippen molar-refractivity contribution in [1.29, 1.82) is 0 Å². The number of nitrogens with zero attached hydrogens (tertiary/aromatic N) is 5. The highest BCUT2D eigenvalue weighted by atomic mass is 16.2. The van der Waals surface area contributed by atoms with Crippen LogP contribution in [0.3, 0.4) is 0 Å². The predicted octanol–water partition coefficient (Wildman–Crippen LogP) is 3.14. The Morgan fingerprint density at radius 3 is 2.52 bits per heavy atom. The van der Waals surface area contributed by atoms with E-state index < -0.39 is 0 Å². The number of likely N-dealkylation sites (tertiary alicyclic amines) is 1. The second-order valence-electron chi connectivity index (χ2n) is 9.19. The van der Waals surface area contributed by atoms with Crippen molar-refractivity contribution in [3.63, 3.8) is 0 Å². The highest BCUT2D eigenvalue weighted by molar-refractivity contribution is 5.89. The summed E-state index contributed by atoms with van der Waals surface area (Å²) < 4.78 is 5.55. The van der Waals surface area contributed by atoms with E-state index in [2.05, 4.69) is 28.0 Å². The van der Waals surface area contributed by atoms with E-state index in [1.54, 1.807) is 7.05 Å². The van der Waals surface area contributed by atoms with Crippen LogP contribution in [0.4, 0.5) is 0 Å². The molecule has 0 bridgehead atoms. The molecule has 3 heterocycles. The molecule has 0 radical (unpaired) electrons. The number of hydrogen-bond acceptors (Lipinski definition) is 3. The highest BCUT2D eigenvalue weighted by Crippen LogP contribution is 2.33. The summed E-state index contributed by atoms with van der Waals surface area (Å²) in [5.74, 6) is 1.36. The van der Waals surface area contributed by atoms with Gasteiger partial charge in [-0.1, -0.05) is 31.0 Å². The zero-order valence-corrected chi connectivity index (χ0v) is 18.5. The molecule has 2 aromatic heterocycles. The van der Waals surface area contributed by atoms with Crippen LogP contribution in [-0.2, 0) is 25.3 Å². The van der Waals surface area contributed by atoms with Crippen LogP contribution in [0.25, 0.3) is 10.9 Å². The lowest BCUT2D eigenvalue weighted by molar-refractivity contribution is -0.131. The van der Waals surface area contributed by atoms with Crippen molar-refractivity contribution in [3.05, 3.63) is 52.3 Å². The van der Waals surface area contributed by atoms with Crippen molar-refractivity contribution in [3.8, 4) is 0 Å². The first-order valence-electron chi connectivity index (χ1n) is 11.5. The minimum absolute atomic E-state index is 0.0105. The van der Waals surface area contributed by atoms with Crippen molar-refractivity contribution < 1.29 is 4.79 Å². The quantitative estimate of drug-likeness (QED) is 0.650. The average Bonchev–Trinajstić information content (AvgIpc) is 3.48. The van der Waals surface area contributed by atoms with Gasteiger partial charge in [0.15, 0.2) is 0 Å². The van der Waals surface area contributed by atoms with Crippen LogP contribution in [0.2, 0.25) is 0 Å². The molecule has 1 saturated carbocycles. The lowest BCUT2D eigenvalue weighted by Gasteiger charge is -2.32. The number of carbonyl (C=O) groups is 1. The number of hydrogen-bond donors (Lipinski definition) is 0. The first-order valence-corrected chi connectivity index (χ1v) is 11.5. The minimum atomic E-state index is 0.0105. The van der Waals surface area contributed by atoms with Crippen LogP contribution in [0.5, 0.6) is 0 Å². The third-order valence-corrected chi connectivity index (χ3v) is 7.21. The van der Waals surface area contributed by atoms with Gasteiger partial charge in [0.05, 0.1) is 6.42 Å². The van der Waals surface area contributed by atoms with Crippen molar-refractivity contribution in [2.45, 2.75) is 56.9 Å². The number of fused-ring (bicyclic) bond motifs is 1. The summed E-state index contributed by atoms with van der Waals surface area (Å²) in [6.07, 6.45) is 8.75. The van der Waals surface area contributed by atoms with Gasteiger partial charge in [-0.05, 0) is 37.3 Å². The second-order valence-corrected chi connectivity index (χ2v) is 9.19. The van der Waals surface area contributed by atoms with Crippen LogP contribution in [0, 0.1) is 0 Å². The summed E-state index contributed by atoms with van der Waals surface area (Å²) in [5, 5.41) is 5.77. The van der Waals surface area contributed by atoms with Gasteiger partial charge in [0.1, 0.15) is 5.82 Å². The van der Waals surface area contributed by atoms with Crippen LogP contribution >= 0.6 is 0 Å². The number of para-hydroxylation sites is 1. The normalized spacial score (nSPS) is 18.3. The number of amides is 1. The molecule has 7 heteroatoms. The fourth-order valence-electron chi connectivity index (χ4n) is 5.51. The minimum Gasteiger partial charge on any atom is -0.350 e. The van der Waals surface area contributed by atoms with Crippen molar-refractivity contribution in [2.75, 3.05) is 13.1 Å². The van der Waals surface area contributed by atoms with Gasteiger partial charge >= 0.3 is 5.69 Å². The van der Waals surface area contributed by atoms with Gasteiger partial charge in [-0.25, -0.2) is 9.48 Å². The number of benzene rings is 1. The zero-order valence-electron chi connectivity index (χ0n) is 18.5. The van der Waals surface area contributed by atoms with Gasteiger partial charge in [-0.2, -0.15) is 5.10 Å². The van der Waals surface area contributed by atoms with E-state index in [1.807, 2.05) is 28.6 Å². The lowest BCUT2D eigenvalue weighted by Crippen LogP contribution is -2.39. The standard InChI is InChI=1S/C24H31N5O2/c1-26-16-18(20-9-5-6-10-21(20)26)15-22(30)28-13-11-17(12-14-28)23-25-27(2)24(31)29(23)19-7-3-4-8-19/h5-6,9-10,16-17,19H,3-4,7-8,11-15H2,1-2H3. The molecule has 1 amide bonds. The summed E-state index contributed by atoms with van der Waals surface area (Å²) >= 11 is 0. The van der Waals surface area contributed by atoms with Gasteiger partial charge in [0.25, 0.3) is 0 Å². The van der Waals surface area contributed by atoms with E-state index in [1.165, 1.54) is 17.5 Å². The number of piperidine rings is 1. The van der Waals surface area contributed by atoms with Gasteiger partial charge in [0.2, 0.25) is 5.91 Å². The fraction of sp³-hybridized carbons (Fsp3) is 0.542. The van der Waals surface area contributed by atoms with Gasteiger partial charge in [0, 0.05) is 56.2 Å². The molecule has 1 saturated heterocycles. The topological polar surface area (TPSA) is 65.1 Å². The highest BCUT2D eigenvalue weighted by Gasteiger charge is 2.31. The monoisotopic (exact) mass is 421 g/mol. The third-order valence-electron chi connectivity index (χ3n) is 7.21. The molecule has 1 aromatic carbocycles. The van der Waals surface area contributed by atoms with Crippen LogP contribution in [0.1, 0.15) is 61.9 Å². The van der Waals surface area contributed by atoms with E-state index in [-0.39, 0.29) is 17.5 Å². The van der Waals surface area contributed by atoms with Crippen molar-refractivity contribution in [2.24, 2.45) is 14.1 Å². The molecule has 0 spiro atoms. The Morgan fingerprint density at radius 2 is 1.77 bits per heavy atom. The molecule has 5 rings (SSSR count). The molecule has 2 fully saturated rings. The number of aryl methyl sites for hydroxylation is 2. The van der Waals surface area contributed by atoms with E-state index in [0.717, 1.165) is 61.1 Å². The second kappa shape index (κ2) is 8.02. The number of aromatic nitrogens is 4. The third kappa shape index (κ3) is 3.60. The molecule has 1 aliphatic heterocycles. The first-order chi connectivity index (χ1) is 15.0. The lowest BCUT2D eigenvalue weighted by atomic mass is 9.95. The zero-order chi connectivity index (χ0) is 21.5.